The van der Waals surface area contributed by atoms with Crippen molar-refractivity contribution in [1.29, 1.82) is 0 Å². The molecule has 1 aliphatic rings. The third-order valence-electron chi connectivity index (χ3n) is 4.25. The van der Waals surface area contributed by atoms with Crippen molar-refractivity contribution in [2.45, 2.75) is 39.2 Å². The summed E-state index contributed by atoms with van der Waals surface area (Å²) >= 11 is 2.10. The summed E-state index contributed by atoms with van der Waals surface area (Å²) in [6.45, 7) is 4.47. The van der Waals surface area contributed by atoms with Crippen LogP contribution in [0.3, 0.4) is 0 Å². The van der Waals surface area contributed by atoms with Gasteiger partial charge in [-0.2, -0.15) is 0 Å². The number of nitro benzene ring substituents is 1. The zero-order valence-corrected chi connectivity index (χ0v) is 13.4. The Morgan fingerprint density at radius 1 is 1.47 bits per heavy atom. The van der Waals surface area contributed by atoms with Crippen molar-refractivity contribution in [3.05, 3.63) is 31.9 Å². The van der Waals surface area contributed by atoms with E-state index in [-0.39, 0.29) is 10.6 Å². The Bertz CT molecular complexity index is 479. The molecule has 5 heteroatoms. The monoisotopic (exact) mass is 374 g/mol. The van der Waals surface area contributed by atoms with Gasteiger partial charge in [0, 0.05) is 15.7 Å². The summed E-state index contributed by atoms with van der Waals surface area (Å²) in [5, 5.41) is 14.5. The zero-order chi connectivity index (χ0) is 14.0. The van der Waals surface area contributed by atoms with Crippen LogP contribution in [0.4, 0.5) is 11.4 Å². The highest BCUT2D eigenvalue weighted by atomic mass is 127. The fraction of sp³-hybridized carbons (Fsp3) is 0.571. The van der Waals surface area contributed by atoms with Crippen LogP contribution >= 0.6 is 22.6 Å². The Hall–Kier alpha value is -0.850. The third-order valence-corrected chi connectivity index (χ3v) is 4.92. The summed E-state index contributed by atoms with van der Waals surface area (Å²) in [5.74, 6) is 1.31. The first kappa shape index (κ1) is 14.6. The Morgan fingerprint density at radius 3 is 2.79 bits per heavy atom. The lowest BCUT2D eigenvalue weighted by molar-refractivity contribution is -0.384. The molecule has 0 amide bonds. The normalized spacial score (nSPS) is 26.4. The molecule has 1 fully saturated rings. The Kier molecular flexibility index (Phi) is 4.65. The van der Waals surface area contributed by atoms with Gasteiger partial charge in [-0.25, -0.2) is 0 Å². The van der Waals surface area contributed by atoms with Crippen LogP contribution in [0.15, 0.2) is 18.2 Å². The minimum absolute atomic E-state index is 0.180. The van der Waals surface area contributed by atoms with Crippen LogP contribution in [-0.2, 0) is 0 Å². The lowest BCUT2D eigenvalue weighted by atomic mass is 9.93. The Balaban J connectivity index is 2.18. The van der Waals surface area contributed by atoms with Gasteiger partial charge in [0.2, 0.25) is 0 Å². The van der Waals surface area contributed by atoms with E-state index in [2.05, 4.69) is 41.8 Å². The van der Waals surface area contributed by atoms with Gasteiger partial charge in [-0.1, -0.05) is 20.3 Å². The Morgan fingerprint density at radius 2 is 2.21 bits per heavy atom. The molecule has 3 atom stereocenters. The Labute approximate surface area is 127 Å². The molecule has 0 spiro atoms. The maximum Gasteiger partial charge on any atom is 0.293 e. The lowest BCUT2D eigenvalue weighted by Crippen LogP contribution is -2.25. The van der Waals surface area contributed by atoms with Crippen LogP contribution < -0.4 is 5.32 Å². The number of halogens is 1. The van der Waals surface area contributed by atoms with E-state index >= 15 is 0 Å². The highest BCUT2D eigenvalue weighted by Gasteiger charge is 2.32. The minimum Gasteiger partial charge on any atom is -0.376 e. The molecule has 0 aliphatic heterocycles. The van der Waals surface area contributed by atoms with Gasteiger partial charge < -0.3 is 5.32 Å². The van der Waals surface area contributed by atoms with Crippen molar-refractivity contribution in [2.24, 2.45) is 11.8 Å². The molecule has 19 heavy (non-hydrogen) atoms. The van der Waals surface area contributed by atoms with Gasteiger partial charge in [-0.3, -0.25) is 10.1 Å². The number of anilines is 1. The van der Waals surface area contributed by atoms with Crippen molar-refractivity contribution in [1.82, 2.24) is 0 Å². The maximum absolute atomic E-state index is 11.1. The molecule has 4 nitrogen and oxygen atoms in total. The molecular weight excluding hydrogens is 355 g/mol. The number of rotatable bonds is 4. The first-order valence-electron chi connectivity index (χ1n) is 6.73. The molecule has 0 bridgehead atoms. The second kappa shape index (κ2) is 6.07. The highest BCUT2D eigenvalue weighted by Crippen LogP contribution is 2.37. The summed E-state index contributed by atoms with van der Waals surface area (Å²) in [6.07, 6.45) is 3.50. The molecule has 1 N–H and O–H groups in total. The van der Waals surface area contributed by atoms with Gasteiger partial charge in [-0.05, 0) is 59.4 Å². The number of hydrogen-bond donors (Lipinski definition) is 1. The molecule has 0 saturated heterocycles. The molecule has 104 valence electrons. The molecule has 0 aromatic heterocycles. The van der Waals surface area contributed by atoms with E-state index in [4.69, 9.17) is 0 Å². The van der Waals surface area contributed by atoms with Crippen LogP contribution in [0.2, 0.25) is 0 Å². The average molecular weight is 374 g/mol. The van der Waals surface area contributed by atoms with Gasteiger partial charge in [0.05, 0.1) is 4.92 Å². The number of hydrogen-bond acceptors (Lipinski definition) is 3. The molecule has 1 aromatic rings. The third kappa shape index (κ3) is 3.19. The first-order valence-corrected chi connectivity index (χ1v) is 7.81. The van der Waals surface area contributed by atoms with Gasteiger partial charge >= 0.3 is 0 Å². The van der Waals surface area contributed by atoms with Gasteiger partial charge in [-0.15, -0.1) is 0 Å². The summed E-state index contributed by atoms with van der Waals surface area (Å²) < 4.78 is 0.890. The van der Waals surface area contributed by atoms with Crippen molar-refractivity contribution >= 4 is 34.0 Å². The minimum atomic E-state index is -0.304. The quantitative estimate of drug-likeness (QED) is 0.482. The van der Waals surface area contributed by atoms with Crippen LogP contribution in [0.25, 0.3) is 0 Å². The van der Waals surface area contributed by atoms with E-state index in [9.17, 15) is 10.1 Å². The van der Waals surface area contributed by atoms with Crippen molar-refractivity contribution in [3.8, 4) is 0 Å². The standard InChI is InChI=1S/C14H19IN2O2/c1-3-10-4-6-12(9(10)2)16-13-7-5-11(15)8-14(13)17(18)19/h5,7-10,12,16H,3-4,6H2,1-2H3. The summed E-state index contributed by atoms with van der Waals surface area (Å²) in [4.78, 5) is 10.8. The number of nitrogens with zero attached hydrogens (tertiary/aromatic N) is 1. The van der Waals surface area contributed by atoms with Crippen LogP contribution in [0.5, 0.6) is 0 Å². The largest absolute Gasteiger partial charge is 0.376 e. The molecule has 0 heterocycles. The van der Waals surface area contributed by atoms with Crippen LogP contribution in [0.1, 0.15) is 33.1 Å². The van der Waals surface area contributed by atoms with Crippen LogP contribution in [0, 0.1) is 25.5 Å². The molecule has 1 aliphatic carbocycles. The van der Waals surface area contributed by atoms with E-state index in [0.717, 1.165) is 15.9 Å². The molecule has 3 unspecified atom stereocenters. The van der Waals surface area contributed by atoms with E-state index in [1.54, 1.807) is 6.07 Å². The fourth-order valence-electron chi connectivity index (χ4n) is 3.01. The van der Waals surface area contributed by atoms with E-state index in [0.29, 0.717) is 17.6 Å². The second-order valence-electron chi connectivity index (χ2n) is 5.27. The average Bonchev–Trinajstić information content (AvgIpc) is 2.72. The molecule has 1 aromatic carbocycles. The van der Waals surface area contributed by atoms with Gasteiger partial charge in [0.1, 0.15) is 5.69 Å². The predicted octanol–water partition coefficient (Wildman–Crippen LogP) is 4.44. The van der Waals surface area contributed by atoms with E-state index in [1.165, 1.54) is 12.8 Å². The van der Waals surface area contributed by atoms with Crippen molar-refractivity contribution in [3.63, 3.8) is 0 Å². The molecule has 2 rings (SSSR count). The SMILES string of the molecule is CCC1CCC(Nc2ccc(I)cc2[N+](=O)[O-])C1C. The lowest BCUT2D eigenvalue weighted by Gasteiger charge is -2.22. The maximum atomic E-state index is 11.1. The predicted molar refractivity (Wildman–Crippen MR) is 85.4 cm³/mol. The number of benzene rings is 1. The fourth-order valence-corrected chi connectivity index (χ4v) is 3.48. The zero-order valence-electron chi connectivity index (χ0n) is 11.2. The molecule has 1 saturated carbocycles. The summed E-state index contributed by atoms with van der Waals surface area (Å²) in [6, 6.07) is 5.71. The molecular formula is C14H19IN2O2. The number of nitro groups is 1. The van der Waals surface area contributed by atoms with Crippen molar-refractivity contribution < 1.29 is 4.92 Å². The van der Waals surface area contributed by atoms with E-state index < -0.39 is 0 Å². The highest BCUT2D eigenvalue weighted by molar-refractivity contribution is 14.1. The number of nitrogens with one attached hydrogen (secondary N) is 1. The van der Waals surface area contributed by atoms with Gasteiger partial charge in [0.15, 0.2) is 0 Å². The van der Waals surface area contributed by atoms with Crippen LogP contribution in [-0.4, -0.2) is 11.0 Å². The summed E-state index contributed by atoms with van der Waals surface area (Å²) in [5.41, 5.74) is 0.832. The topological polar surface area (TPSA) is 55.2 Å². The summed E-state index contributed by atoms with van der Waals surface area (Å²) in [7, 11) is 0. The van der Waals surface area contributed by atoms with Crippen molar-refractivity contribution in [2.75, 3.05) is 5.32 Å². The van der Waals surface area contributed by atoms with E-state index in [1.807, 2.05) is 12.1 Å². The second-order valence-corrected chi connectivity index (χ2v) is 6.52. The molecule has 0 radical (unpaired) electrons. The first-order chi connectivity index (χ1) is 9.02. The smallest absolute Gasteiger partial charge is 0.293 e. The van der Waals surface area contributed by atoms with Gasteiger partial charge in [0.25, 0.3) is 5.69 Å².